The van der Waals surface area contributed by atoms with E-state index in [1.165, 1.54) is 24.3 Å². The first kappa shape index (κ1) is 17.1. The zero-order valence-corrected chi connectivity index (χ0v) is 13.4. The molecule has 0 spiro atoms. The number of rotatable bonds is 4. The van der Waals surface area contributed by atoms with Crippen molar-refractivity contribution in [3.63, 3.8) is 0 Å². The van der Waals surface area contributed by atoms with Crippen molar-refractivity contribution in [3.8, 4) is 12.1 Å². The smallest absolute Gasteiger partial charge is 0.339 e. The van der Waals surface area contributed by atoms with Crippen LogP contribution in [0.2, 0.25) is 0 Å². The first-order valence-corrected chi connectivity index (χ1v) is 8.25. The van der Waals surface area contributed by atoms with E-state index in [1.54, 1.807) is 19.1 Å². The lowest BCUT2D eigenvalue weighted by atomic mass is 10.1. The Balaban J connectivity index is 2.52. The Hall–Kier alpha value is -3.23. The van der Waals surface area contributed by atoms with Gasteiger partial charge < -0.3 is 4.74 Å². The molecule has 8 heteroatoms. The first-order chi connectivity index (χ1) is 11.5. The van der Waals surface area contributed by atoms with Gasteiger partial charge in [0.2, 0.25) is 9.84 Å². The molecule has 0 amide bonds. The molecule has 0 radical (unpaired) electrons. The quantitative estimate of drug-likeness (QED) is 0.778. The van der Waals surface area contributed by atoms with Crippen molar-refractivity contribution >= 4 is 15.8 Å². The Morgan fingerprint density at radius 2 is 1.96 bits per heavy atom. The lowest BCUT2D eigenvalue weighted by molar-refractivity contribution is 0.0525. The maximum atomic E-state index is 12.6. The maximum absolute atomic E-state index is 12.6. The van der Waals surface area contributed by atoms with Gasteiger partial charge in [0, 0.05) is 6.20 Å². The third-order valence-corrected chi connectivity index (χ3v) is 4.78. The van der Waals surface area contributed by atoms with E-state index in [4.69, 9.17) is 15.3 Å². The van der Waals surface area contributed by atoms with Gasteiger partial charge in [0.05, 0.1) is 28.2 Å². The molecule has 1 heterocycles. The maximum Gasteiger partial charge on any atom is 0.339 e. The van der Waals surface area contributed by atoms with E-state index in [2.05, 4.69) is 4.98 Å². The van der Waals surface area contributed by atoms with Crippen LogP contribution in [0.1, 0.15) is 28.4 Å². The number of carbonyl (C=O) groups excluding carboxylic acids is 1. The largest absolute Gasteiger partial charge is 0.462 e. The van der Waals surface area contributed by atoms with Crippen molar-refractivity contribution in [2.24, 2.45) is 0 Å². The summed E-state index contributed by atoms with van der Waals surface area (Å²) in [6.45, 7) is 1.83. The molecule has 1 aromatic heterocycles. The number of pyridine rings is 1. The molecule has 24 heavy (non-hydrogen) atoms. The Bertz CT molecular complexity index is 968. The third-order valence-electron chi connectivity index (χ3n) is 3.07. The van der Waals surface area contributed by atoms with Gasteiger partial charge in [-0.25, -0.2) is 18.2 Å². The van der Waals surface area contributed by atoms with Gasteiger partial charge in [-0.05, 0) is 31.2 Å². The molecule has 0 unspecified atom stereocenters. The number of ether oxygens (including phenoxy) is 1. The van der Waals surface area contributed by atoms with E-state index in [1.807, 2.05) is 0 Å². The highest BCUT2D eigenvalue weighted by Gasteiger charge is 2.25. The zero-order chi connectivity index (χ0) is 17.7. The van der Waals surface area contributed by atoms with Crippen molar-refractivity contribution in [1.29, 1.82) is 10.5 Å². The van der Waals surface area contributed by atoms with Crippen molar-refractivity contribution in [2.45, 2.75) is 16.8 Å². The standard InChI is InChI=1S/C16H11N3O4S/c1-2-23-16(20)12-6-7-15(19-10-12)24(21,22)14-5-3-4-11(8-17)13(14)9-18/h3-7,10H,2H2,1H3. The molecule has 1 aromatic carbocycles. The molecule has 7 nitrogen and oxygen atoms in total. The van der Waals surface area contributed by atoms with Crippen LogP contribution in [-0.2, 0) is 14.6 Å². The Morgan fingerprint density at radius 3 is 2.50 bits per heavy atom. The van der Waals surface area contributed by atoms with Crippen molar-refractivity contribution in [2.75, 3.05) is 6.61 Å². The fraction of sp³-hybridized carbons (Fsp3) is 0.125. The van der Waals surface area contributed by atoms with Crippen LogP contribution in [0.5, 0.6) is 0 Å². The Kier molecular flexibility index (Phi) is 4.93. The number of carbonyl (C=O) groups is 1. The summed E-state index contributed by atoms with van der Waals surface area (Å²) in [5.74, 6) is -0.613. The minimum atomic E-state index is -4.11. The number of aromatic nitrogens is 1. The number of nitriles is 2. The van der Waals surface area contributed by atoms with Gasteiger partial charge in [0.15, 0.2) is 5.03 Å². The average Bonchev–Trinajstić information content (AvgIpc) is 2.61. The number of benzene rings is 1. The number of esters is 1. The molecule has 120 valence electrons. The topological polar surface area (TPSA) is 121 Å². The van der Waals surface area contributed by atoms with E-state index >= 15 is 0 Å². The summed E-state index contributed by atoms with van der Waals surface area (Å²) < 4.78 is 30.1. The van der Waals surface area contributed by atoms with Crippen molar-refractivity contribution in [3.05, 3.63) is 53.2 Å². The van der Waals surface area contributed by atoms with Gasteiger partial charge in [-0.3, -0.25) is 0 Å². The summed E-state index contributed by atoms with van der Waals surface area (Å²) in [5, 5.41) is 17.8. The highest BCUT2D eigenvalue weighted by atomic mass is 32.2. The SMILES string of the molecule is CCOC(=O)c1ccc(S(=O)(=O)c2cccc(C#N)c2C#N)nc1. The normalized spacial score (nSPS) is 10.5. The molecular formula is C16H11N3O4S. The van der Waals surface area contributed by atoms with Gasteiger partial charge in [-0.15, -0.1) is 0 Å². The predicted molar refractivity (Wildman–Crippen MR) is 81.5 cm³/mol. The molecule has 2 aromatic rings. The molecule has 2 rings (SSSR count). The van der Waals surface area contributed by atoms with Gasteiger partial charge in [0.25, 0.3) is 0 Å². The molecule has 0 N–H and O–H groups in total. The Morgan fingerprint density at radius 1 is 1.21 bits per heavy atom. The Labute approximate surface area is 138 Å². The van der Waals surface area contributed by atoms with Gasteiger partial charge in [0.1, 0.15) is 12.1 Å². The first-order valence-electron chi connectivity index (χ1n) is 6.77. The second-order valence-electron chi connectivity index (χ2n) is 4.51. The van der Waals surface area contributed by atoms with Crippen LogP contribution in [0.3, 0.4) is 0 Å². The fourth-order valence-electron chi connectivity index (χ4n) is 1.95. The minimum absolute atomic E-state index is 0.0401. The van der Waals surface area contributed by atoms with Gasteiger partial charge in [-0.2, -0.15) is 10.5 Å². The monoisotopic (exact) mass is 341 g/mol. The van der Waals surface area contributed by atoms with E-state index in [0.29, 0.717) is 0 Å². The fourth-order valence-corrected chi connectivity index (χ4v) is 3.30. The van der Waals surface area contributed by atoms with E-state index < -0.39 is 15.8 Å². The lowest BCUT2D eigenvalue weighted by Crippen LogP contribution is -2.10. The van der Waals surface area contributed by atoms with Crippen molar-refractivity contribution in [1.82, 2.24) is 4.98 Å². The third kappa shape index (κ3) is 3.09. The average molecular weight is 341 g/mol. The predicted octanol–water partition coefficient (Wildman–Crippen LogP) is 1.83. The highest BCUT2D eigenvalue weighted by Crippen LogP contribution is 2.24. The summed E-state index contributed by atoms with van der Waals surface area (Å²) in [5.41, 5.74) is -0.167. The van der Waals surface area contributed by atoms with E-state index in [-0.39, 0.29) is 33.2 Å². The molecule has 0 aliphatic rings. The number of hydrogen-bond acceptors (Lipinski definition) is 7. The molecular weight excluding hydrogens is 330 g/mol. The zero-order valence-electron chi connectivity index (χ0n) is 12.6. The lowest BCUT2D eigenvalue weighted by Gasteiger charge is -2.07. The summed E-state index contributed by atoms with van der Waals surface area (Å²) in [7, 11) is -4.11. The summed E-state index contributed by atoms with van der Waals surface area (Å²) in [6, 6.07) is 9.91. The van der Waals surface area contributed by atoms with Crippen LogP contribution in [0, 0.1) is 22.7 Å². The molecule has 0 saturated heterocycles. The van der Waals surface area contributed by atoms with Crippen LogP contribution >= 0.6 is 0 Å². The highest BCUT2D eigenvalue weighted by molar-refractivity contribution is 7.91. The second-order valence-corrected chi connectivity index (χ2v) is 6.38. The van der Waals surface area contributed by atoms with Crippen LogP contribution < -0.4 is 0 Å². The number of nitrogens with zero attached hydrogens (tertiary/aromatic N) is 3. The van der Waals surface area contributed by atoms with E-state index in [0.717, 1.165) is 12.3 Å². The molecule has 0 aliphatic carbocycles. The summed E-state index contributed by atoms with van der Waals surface area (Å²) >= 11 is 0. The van der Waals surface area contributed by atoms with E-state index in [9.17, 15) is 13.2 Å². The molecule has 0 atom stereocenters. The minimum Gasteiger partial charge on any atom is -0.462 e. The van der Waals surface area contributed by atoms with Crippen molar-refractivity contribution < 1.29 is 17.9 Å². The van der Waals surface area contributed by atoms with Gasteiger partial charge >= 0.3 is 5.97 Å². The van der Waals surface area contributed by atoms with Crippen LogP contribution in [0.4, 0.5) is 0 Å². The molecule has 0 bridgehead atoms. The molecule has 0 aliphatic heterocycles. The van der Waals surface area contributed by atoms with Crippen LogP contribution in [0.15, 0.2) is 46.5 Å². The molecule has 0 saturated carbocycles. The second kappa shape index (κ2) is 6.90. The van der Waals surface area contributed by atoms with Gasteiger partial charge in [-0.1, -0.05) is 6.07 Å². The molecule has 0 fully saturated rings. The summed E-state index contributed by atoms with van der Waals surface area (Å²) in [6.07, 6.45) is 1.09. The summed E-state index contributed by atoms with van der Waals surface area (Å²) in [4.78, 5) is 15.0. The van der Waals surface area contributed by atoms with Crippen LogP contribution in [-0.4, -0.2) is 26.0 Å². The number of sulfone groups is 1. The number of hydrogen-bond donors (Lipinski definition) is 0. The van der Waals surface area contributed by atoms with Crippen LogP contribution in [0.25, 0.3) is 0 Å².